The molecule has 18 heavy (non-hydrogen) atoms. The van der Waals surface area contributed by atoms with Gasteiger partial charge >= 0.3 is 0 Å². The van der Waals surface area contributed by atoms with Gasteiger partial charge in [-0.15, -0.1) is 0 Å². The first-order valence-corrected chi connectivity index (χ1v) is 7.19. The highest BCUT2D eigenvalue weighted by molar-refractivity contribution is 9.10. The van der Waals surface area contributed by atoms with Crippen LogP contribution < -0.4 is 5.32 Å². The summed E-state index contributed by atoms with van der Waals surface area (Å²) in [5.74, 6) is -0.547. The molecule has 4 nitrogen and oxygen atoms in total. The minimum Gasteiger partial charge on any atom is -0.505 e. The van der Waals surface area contributed by atoms with Crippen LogP contribution in [0, 0.1) is 5.82 Å². The van der Waals surface area contributed by atoms with Gasteiger partial charge in [0.2, 0.25) is 0 Å². The molecule has 0 bridgehead atoms. The third kappa shape index (κ3) is 2.00. The molecule has 2 rings (SSSR count). The highest BCUT2D eigenvalue weighted by atomic mass is 79.9. The molecule has 0 amide bonds. The van der Waals surface area contributed by atoms with Gasteiger partial charge in [-0.1, -0.05) is 23.4 Å². The molecule has 1 aromatic heterocycles. The number of halogens is 3. The summed E-state index contributed by atoms with van der Waals surface area (Å²) in [7, 11) is 1.62. The molecule has 0 radical (unpaired) electrons. The van der Waals surface area contributed by atoms with Crippen LogP contribution in [0.3, 0.4) is 0 Å². The number of fused-ring (bicyclic) bond motifs is 1. The minimum absolute atomic E-state index is 0.0121. The van der Waals surface area contributed by atoms with E-state index in [2.05, 4.69) is 31.2 Å². The van der Waals surface area contributed by atoms with Gasteiger partial charge in [0, 0.05) is 7.05 Å². The van der Waals surface area contributed by atoms with E-state index in [1.807, 2.05) is 0 Å². The average Bonchev–Trinajstić information content (AvgIpc) is 2.41. The van der Waals surface area contributed by atoms with E-state index >= 15 is 0 Å². The lowest BCUT2D eigenvalue weighted by Crippen LogP contribution is -2.00. The van der Waals surface area contributed by atoms with E-state index < -0.39 is 5.82 Å². The first kappa shape index (κ1) is 13.6. The second-order valence-electron chi connectivity index (χ2n) is 3.32. The number of hydrogen-bond donors (Lipinski definition) is 2. The number of hydrogen-bond acceptors (Lipinski definition) is 5. The smallest absolute Gasteiger partial charge is 0.189 e. The predicted octanol–water partition coefficient (Wildman–Crippen LogP) is 3.65. The number of phenols is 1. The third-order valence-electron chi connectivity index (χ3n) is 2.35. The second-order valence-corrected chi connectivity index (χ2v) is 5.27. The average molecular weight is 353 g/mol. The number of nitrogens with zero attached hydrogens (tertiary/aromatic N) is 2. The van der Waals surface area contributed by atoms with Crippen LogP contribution in [-0.2, 0) is 0 Å². The van der Waals surface area contributed by atoms with Gasteiger partial charge in [-0.3, -0.25) is 0 Å². The summed E-state index contributed by atoms with van der Waals surface area (Å²) in [4.78, 5) is 8.20. The van der Waals surface area contributed by atoms with Crippen LogP contribution in [-0.4, -0.2) is 28.4 Å². The monoisotopic (exact) mass is 351 g/mol. The van der Waals surface area contributed by atoms with Crippen molar-refractivity contribution in [3.63, 3.8) is 0 Å². The molecule has 2 aromatic rings. The van der Waals surface area contributed by atoms with Crippen molar-refractivity contribution in [1.82, 2.24) is 9.97 Å². The van der Waals surface area contributed by atoms with Gasteiger partial charge in [-0.2, -0.15) is 0 Å². The van der Waals surface area contributed by atoms with Crippen LogP contribution in [0.4, 0.5) is 10.2 Å². The van der Waals surface area contributed by atoms with Crippen molar-refractivity contribution in [2.75, 3.05) is 18.6 Å². The first-order valence-electron chi connectivity index (χ1n) is 4.80. The van der Waals surface area contributed by atoms with E-state index in [1.165, 1.54) is 11.8 Å². The largest absolute Gasteiger partial charge is 0.505 e. The number of phenolic OH excluding ortho intramolecular Hbond substituents is 1. The summed E-state index contributed by atoms with van der Waals surface area (Å²) >= 11 is 10.1. The van der Waals surface area contributed by atoms with Gasteiger partial charge in [0.15, 0.2) is 11.0 Å². The van der Waals surface area contributed by atoms with Gasteiger partial charge in [0.05, 0.1) is 9.86 Å². The molecular formula is C10H8BrClFN3OS. The number of benzene rings is 1. The Morgan fingerprint density at radius 2 is 2.11 bits per heavy atom. The van der Waals surface area contributed by atoms with Crippen molar-refractivity contribution in [2.45, 2.75) is 5.16 Å². The van der Waals surface area contributed by atoms with Gasteiger partial charge in [-0.25, -0.2) is 14.4 Å². The Bertz CT molecular complexity index is 641. The third-order valence-corrected chi connectivity index (χ3v) is 4.23. The van der Waals surface area contributed by atoms with Crippen LogP contribution in [0.15, 0.2) is 9.63 Å². The summed E-state index contributed by atoms with van der Waals surface area (Å²) in [6.07, 6.45) is 1.78. The summed E-state index contributed by atoms with van der Waals surface area (Å²) in [6.45, 7) is 0. The van der Waals surface area contributed by atoms with Crippen LogP contribution in [0.2, 0.25) is 5.02 Å². The molecule has 96 valence electrons. The summed E-state index contributed by atoms with van der Waals surface area (Å²) in [6, 6.07) is 0. The molecule has 0 aliphatic rings. The number of anilines is 1. The van der Waals surface area contributed by atoms with Crippen molar-refractivity contribution in [3.05, 3.63) is 15.3 Å². The Labute approximate surface area is 120 Å². The van der Waals surface area contributed by atoms with E-state index in [0.717, 1.165) is 0 Å². The molecule has 0 aliphatic carbocycles. The fraction of sp³-hybridized carbons (Fsp3) is 0.200. The van der Waals surface area contributed by atoms with Gasteiger partial charge in [-0.05, 0) is 22.2 Å². The normalized spacial score (nSPS) is 10.9. The number of aromatic hydroxyl groups is 1. The van der Waals surface area contributed by atoms with E-state index in [9.17, 15) is 9.50 Å². The molecule has 0 spiro atoms. The van der Waals surface area contributed by atoms with Crippen molar-refractivity contribution in [1.29, 1.82) is 0 Å². The quantitative estimate of drug-likeness (QED) is 0.491. The van der Waals surface area contributed by atoms with Gasteiger partial charge < -0.3 is 10.4 Å². The SMILES string of the molecule is CNc1nc(SC)nc2c(F)c(Br)c(Cl)c(O)c12. The summed E-state index contributed by atoms with van der Waals surface area (Å²) in [5.41, 5.74) is 0.0208. The molecule has 0 aliphatic heterocycles. The molecule has 1 aromatic carbocycles. The summed E-state index contributed by atoms with van der Waals surface area (Å²) in [5, 5.41) is 13.2. The lowest BCUT2D eigenvalue weighted by Gasteiger charge is -2.11. The Hall–Kier alpha value is -0.790. The van der Waals surface area contributed by atoms with Crippen molar-refractivity contribution >= 4 is 56.0 Å². The Morgan fingerprint density at radius 3 is 2.67 bits per heavy atom. The zero-order chi connectivity index (χ0) is 13.4. The molecule has 0 saturated carbocycles. The molecular weight excluding hydrogens is 345 g/mol. The molecule has 0 fully saturated rings. The predicted molar refractivity (Wildman–Crippen MR) is 75.2 cm³/mol. The number of rotatable bonds is 2. The zero-order valence-corrected chi connectivity index (χ0v) is 12.5. The van der Waals surface area contributed by atoms with Crippen molar-refractivity contribution < 1.29 is 9.50 Å². The Kier molecular flexibility index (Phi) is 3.84. The maximum atomic E-state index is 14.1. The lowest BCUT2D eigenvalue weighted by molar-refractivity contribution is 0.479. The highest BCUT2D eigenvalue weighted by Crippen LogP contribution is 2.43. The molecule has 0 atom stereocenters. The number of aromatic nitrogens is 2. The summed E-state index contributed by atoms with van der Waals surface area (Å²) < 4.78 is 14.1. The van der Waals surface area contributed by atoms with E-state index in [1.54, 1.807) is 13.3 Å². The first-order chi connectivity index (χ1) is 8.51. The van der Waals surface area contributed by atoms with Gasteiger partial charge in [0.25, 0.3) is 0 Å². The molecule has 1 heterocycles. The zero-order valence-electron chi connectivity index (χ0n) is 9.38. The number of thioether (sulfide) groups is 1. The molecule has 0 unspecified atom stereocenters. The Balaban J connectivity index is 3.00. The van der Waals surface area contributed by atoms with E-state index in [0.29, 0.717) is 11.0 Å². The number of nitrogens with one attached hydrogen (secondary N) is 1. The fourth-order valence-corrected chi connectivity index (χ4v) is 2.43. The topological polar surface area (TPSA) is 58.0 Å². The second kappa shape index (κ2) is 5.07. The van der Waals surface area contributed by atoms with E-state index in [-0.39, 0.29) is 26.1 Å². The maximum Gasteiger partial charge on any atom is 0.189 e. The maximum absolute atomic E-state index is 14.1. The molecule has 8 heteroatoms. The van der Waals surface area contributed by atoms with Crippen molar-refractivity contribution in [3.8, 4) is 5.75 Å². The van der Waals surface area contributed by atoms with Crippen LogP contribution in [0.1, 0.15) is 0 Å². The minimum atomic E-state index is -0.623. The van der Waals surface area contributed by atoms with Crippen LogP contribution in [0.25, 0.3) is 10.9 Å². The highest BCUT2D eigenvalue weighted by Gasteiger charge is 2.21. The lowest BCUT2D eigenvalue weighted by atomic mass is 10.2. The van der Waals surface area contributed by atoms with Crippen LogP contribution >= 0.6 is 39.3 Å². The standard InChI is InChI=1S/C10H8BrClFN3OS/c1-14-9-3-7(15-10(16-9)18-2)6(13)4(11)5(12)8(3)17/h17H,1-2H3,(H,14,15,16). The van der Waals surface area contributed by atoms with Crippen LogP contribution in [0.5, 0.6) is 5.75 Å². The molecule has 2 N–H and O–H groups in total. The molecule has 0 saturated heterocycles. The van der Waals surface area contributed by atoms with Crippen molar-refractivity contribution in [2.24, 2.45) is 0 Å². The fourth-order valence-electron chi connectivity index (χ4n) is 1.51. The Morgan fingerprint density at radius 1 is 1.44 bits per heavy atom. The van der Waals surface area contributed by atoms with E-state index in [4.69, 9.17) is 11.6 Å². The van der Waals surface area contributed by atoms with Gasteiger partial charge in [0.1, 0.15) is 22.1 Å².